The van der Waals surface area contributed by atoms with Gasteiger partial charge in [-0.1, -0.05) is 48.0 Å². The molecule has 0 saturated heterocycles. The van der Waals surface area contributed by atoms with E-state index in [-0.39, 0.29) is 5.75 Å². The SMILES string of the molecule is Cc1ccccc1-c1c[nH]nc1-c1ccc(OCc2ccc(Cl)cc2)cc1O. The Bertz CT molecular complexity index is 1100. The molecule has 28 heavy (non-hydrogen) atoms. The van der Waals surface area contributed by atoms with Crippen LogP contribution in [0.3, 0.4) is 0 Å². The summed E-state index contributed by atoms with van der Waals surface area (Å²) < 4.78 is 5.79. The standard InChI is InChI=1S/C23H19ClN2O2/c1-15-4-2-3-5-19(15)21-13-25-26-23(21)20-11-10-18(12-22(20)27)28-14-16-6-8-17(24)9-7-16/h2-13,27H,14H2,1H3,(H,25,26). The largest absolute Gasteiger partial charge is 0.507 e. The van der Waals surface area contributed by atoms with Crippen LogP contribution in [0.5, 0.6) is 11.5 Å². The third kappa shape index (κ3) is 3.73. The number of phenols is 1. The Labute approximate surface area is 168 Å². The number of nitrogens with one attached hydrogen (secondary N) is 1. The fraction of sp³-hybridized carbons (Fsp3) is 0.0870. The summed E-state index contributed by atoms with van der Waals surface area (Å²) in [6.45, 7) is 2.45. The summed E-state index contributed by atoms with van der Waals surface area (Å²) >= 11 is 5.90. The molecule has 5 heteroatoms. The first kappa shape index (κ1) is 18.1. The summed E-state index contributed by atoms with van der Waals surface area (Å²) in [5.74, 6) is 0.708. The van der Waals surface area contributed by atoms with E-state index in [1.54, 1.807) is 6.07 Å². The van der Waals surface area contributed by atoms with Crippen LogP contribution in [0.4, 0.5) is 0 Å². The van der Waals surface area contributed by atoms with E-state index in [1.807, 2.05) is 60.8 Å². The van der Waals surface area contributed by atoms with Crippen LogP contribution in [-0.2, 0) is 6.61 Å². The molecule has 3 aromatic carbocycles. The molecule has 0 bridgehead atoms. The Hall–Kier alpha value is -3.24. The zero-order valence-corrected chi connectivity index (χ0v) is 16.1. The molecule has 0 aliphatic carbocycles. The van der Waals surface area contributed by atoms with Crippen molar-refractivity contribution < 1.29 is 9.84 Å². The molecule has 0 radical (unpaired) electrons. The zero-order chi connectivity index (χ0) is 19.5. The van der Waals surface area contributed by atoms with Crippen LogP contribution < -0.4 is 4.74 Å². The molecule has 4 nitrogen and oxygen atoms in total. The molecule has 0 unspecified atom stereocenters. The number of ether oxygens (including phenoxy) is 1. The van der Waals surface area contributed by atoms with Crippen molar-refractivity contribution in [1.29, 1.82) is 0 Å². The minimum absolute atomic E-state index is 0.121. The lowest BCUT2D eigenvalue weighted by molar-refractivity contribution is 0.304. The first-order chi connectivity index (χ1) is 13.6. The van der Waals surface area contributed by atoms with Gasteiger partial charge in [-0.3, -0.25) is 5.10 Å². The van der Waals surface area contributed by atoms with Crippen molar-refractivity contribution in [3.05, 3.63) is 89.1 Å². The summed E-state index contributed by atoms with van der Waals surface area (Å²) in [6.07, 6.45) is 1.85. The van der Waals surface area contributed by atoms with Crippen LogP contribution in [0.25, 0.3) is 22.4 Å². The Morgan fingerprint density at radius 3 is 2.50 bits per heavy atom. The third-order valence-corrected chi connectivity index (χ3v) is 4.87. The lowest BCUT2D eigenvalue weighted by atomic mass is 9.98. The fourth-order valence-electron chi connectivity index (χ4n) is 3.12. The Kier molecular flexibility index (Phi) is 5.04. The highest BCUT2D eigenvalue weighted by Gasteiger charge is 2.16. The van der Waals surface area contributed by atoms with Crippen LogP contribution in [0.1, 0.15) is 11.1 Å². The number of hydrogen-bond acceptors (Lipinski definition) is 3. The van der Waals surface area contributed by atoms with Gasteiger partial charge < -0.3 is 9.84 Å². The number of halogens is 1. The maximum absolute atomic E-state index is 10.6. The second-order valence-corrected chi connectivity index (χ2v) is 6.99. The topological polar surface area (TPSA) is 58.1 Å². The Balaban J connectivity index is 1.58. The van der Waals surface area contributed by atoms with E-state index < -0.39 is 0 Å². The highest BCUT2D eigenvalue weighted by molar-refractivity contribution is 6.30. The number of nitrogens with zero attached hydrogens (tertiary/aromatic N) is 1. The number of aromatic amines is 1. The van der Waals surface area contributed by atoms with Crippen molar-refractivity contribution in [1.82, 2.24) is 10.2 Å². The van der Waals surface area contributed by atoms with Crippen molar-refractivity contribution in [2.24, 2.45) is 0 Å². The van der Waals surface area contributed by atoms with Crippen molar-refractivity contribution in [2.75, 3.05) is 0 Å². The quantitative estimate of drug-likeness (QED) is 0.440. The second-order valence-electron chi connectivity index (χ2n) is 6.56. The van der Waals surface area contributed by atoms with Crippen LogP contribution in [0.15, 0.2) is 72.9 Å². The molecule has 4 rings (SSSR count). The van der Waals surface area contributed by atoms with E-state index in [0.29, 0.717) is 28.6 Å². The number of aryl methyl sites for hydroxylation is 1. The number of aromatic nitrogens is 2. The van der Waals surface area contributed by atoms with E-state index in [2.05, 4.69) is 23.2 Å². The average molecular weight is 391 g/mol. The average Bonchev–Trinajstić information content (AvgIpc) is 3.17. The van der Waals surface area contributed by atoms with E-state index in [9.17, 15) is 5.11 Å². The van der Waals surface area contributed by atoms with Gasteiger partial charge in [-0.2, -0.15) is 5.10 Å². The van der Waals surface area contributed by atoms with E-state index >= 15 is 0 Å². The van der Waals surface area contributed by atoms with Gasteiger partial charge in [0.1, 0.15) is 23.8 Å². The molecule has 0 aliphatic heterocycles. The van der Waals surface area contributed by atoms with Crippen LogP contribution >= 0.6 is 11.6 Å². The maximum atomic E-state index is 10.6. The Morgan fingerprint density at radius 1 is 0.964 bits per heavy atom. The highest BCUT2D eigenvalue weighted by Crippen LogP contribution is 2.38. The minimum Gasteiger partial charge on any atom is -0.507 e. The zero-order valence-electron chi connectivity index (χ0n) is 15.3. The predicted molar refractivity (Wildman–Crippen MR) is 112 cm³/mol. The molecule has 0 spiro atoms. The maximum Gasteiger partial charge on any atom is 0.128 e. The van der Waals surface area contributed by atoms with E-state index in [1.165, 1.54) is 0 Å². The van der Waals surface area contributed by atoms with Crippen molar-refractivity contribution in [2.45, 2.75) is 13.5 Å². The number of rotatable bonds is 5. The molecule has 2 N–H and O–H groups in total. The predicted octanol–water partition coefficient (Wildman–Crippen LogP) is 5.99. The third-order valence-electron chi connectivity index (χ3n) is 4.62. The number of aromatic hydroxyl groups is 1. The molecule has 1 heterocycles. The van der Waals surface area contributed by atoms with Crippen molar-refractivity contribution in [3.63, 3.8) is 0 Å². The molecule has 140 valence electrons. The second kappa shape index (κ2) is 7.79. The molecule has 0 saturated carbocycles. The van der Waals surface area contributed by atoms with Gasteiger partial charge >= 0.3 is 0 Å². The molecular weight excluding hydrogens is 372 g/mol. The van der Waals surface area contributed by atoms with E-state index in [0.717, 1.165) is 22.3 Å². The minimum atomic E-state index is 0.121. The number of hydrogen-bond donors (Lipinski definition) is 2. The first-order valence-corrected chi connectivity index (χ1v) is 9.30. The van der Waals surface area contributed by atoms with Gasteiger partial charge in [-0.25, -0.2) is 0 Å². The van der Waals surface area contributed by atoms with Gasteiger partial charge in [-0.05, 0) is 47.9 Å². The number of phenolic OH excluding ortho intramolecular Hbond substituents is 1. The summed E-state index contributed by atoms with van der Waals surface area (Å²) in [5.41, 5.74) is 5.53. The van der Waals surface area contributed by atoms with Gasteiger partial charge in [0.05, 0.1) is 0 Å². The normalized spacial score (nSPS) is 10.8. The van der Waals surface area contributed by atoms with Crippen LogP contribution in [0, 0.1) is 6.92 Å². The monoisotopic (exact) mass is 390 g/mol. The Morgan fingerprint density at radius 2 is 1.75 bits per heavy atom. The fourth-order valence-corrected chi connectivity index (χ4v) is 3.25. The summed E-state index contributed by atoms with van der Waals surface area (Å²) in [7, 11) is 0. The van der Waals surface area contributed by atoms with Crippen LogP contribution in [-0.4, -0.2) is 15.3 Å². The highest BCUT2D eigenvalue weighted by atomic mass is 35.5. The van der Waals surface area contributed by atoms with Crippen LogP contribution in [0.2, 0.25) is 5.02 Å². The first-order valence-electron chi connectivity index (χ1n) is 8.92. The van der Waals surface area contributed by atoms with Gasteiger partial charge in [-0.15, -0.1) is 0 Å². The van der Waals surface area contributed by atoms with Gasteiger partial charge in [0.25, 0.3) is 0 Å². The number of H-pyrrole nitrogens is 1. The molecule has 4 aromatic rings. The van der Waals surface area contributed by atoms with Gasteiger partial charge in [0.15, 0.2) is 0 Å². The van der Waals surface area contributed by atoms with E-state index in [4.69, 9.17) is 16.3 Å². The van der Waals surface area contributed by atoms with Gasteiger partial charge in [0, 0.05) is 28.4 Å². The number of benzene rings is 3. The summed E-state index contributed by atoms with van der Waals surface area (Å²) in [6, 6.07) is 20.8. The lowest BCUT2D eigenvalue weighted by Crippen LogP contribution is -1.95. The summed E-state index contributed by atoms with van der Waals surface area (Å²) in [5, 5.41) is 18.5. The van der Waals surface area contributed by atoms with Gasteiger partial charge in [0.2, 0.25) is 0 Å². The molecule has 0 fully saturated rings. The molecular formula is C23H19ClN2O2. The molecule has 0 amide bonds. The van der Waals surface area contributed by atoms with Crippen molar-refractivity contribution in [3.8, 4) is 33.9 Å². The lowest BCUT2D eigenvalue weighted by Gasteiger charge is -2.10. The molecule has 0 atom stereocenters. The smallest absolute Gasteiger partial charge is 0.128 e. The molecule has 0 aliphatic rings. The molecule has 1 aromatic heterocycles. The van der Waals surface area contributed by atoms with Crippen molar-refractivity contribution >= 4 is 11.6 Å². The summed E-state index contributed by atoms with van der Waals surface area (Å²) in [4.78, 5) is 0.